The molecule has 7 aromatic carbocycles. The molecule has 8 rings (SSSR count). The number of aromatic nitrogens is 3. The van der Waals surface area contributed by atoms with Crippen molar-refractivity contribution in [3.63, 3.8) is 0 Å². The Labute approximate surface area is 280 Å². The quantitative estimate of drug-likeness (QED) is 0.179. The maximum absolute atomic E-state index is 5.25. The van der Waals surface area contributed by atoms with Gasteiger partial charge < -0.3 is 0 Å². The van der Waals surface area contributed by atoms with Gasteiger partial charge >= 0.3 is 0 Å². The first-order valence-corrected chi connectivity index (χ1v) is 16.1. The topological polar surface area (TPSA) is 38.7 Å². The summed E-state index contributed by atoms with van der Waals surface area (Å²) in [6.07, 6.45) is 0. The fraction of sp³-hybridized carbons (Fsp3) is 0. The van der Waals surface area contributed by atoms with Gasteiger partial charge in [-0.3, -0.25) is 0 Å². The maximum Gasteiger partial charge on any atom is 0.164 e. The van der Waals surface area contributed by atoms with E-state index in [4.69, 9.17) is 15.0 Å². The lowest BCUT2D eigenvalue weighted by molar-refractivity contribution is 1.07. The van der Waals surface area contributed by atoms with Crippen molar-refractivity contribution in [2.45, 2.75) is 0 Å². The van der Waals surface area contributed by atoms with Crippen LogP contribution < -0.4 is 0 Å². The van der Waals surface area contributed by atoms with Crippen molar-refractivity contribution in [2.24, 2.45) is 0 Å². The van der Waals surface area contributed by atoms with Gasteiger partial charge in [0.2, 0.25) is 0 Å². The second-order valence-corrected chi connectivity index (χ2v) is 11.6. The van der Waals surface area contributed by atoms with Crippen LogP contribution in [-0.2, 0) is 0 Å². The molecule has 1 aromatic heterocycles. The number of hydrogen-bond donors (Lipinski definition) is 0. The van der Waals surface area contributed by atoms with Crippen LogP contribution in [0.2, 0.25) is 0 Å². The van der Waals surface area contributed by atoms with Crippen LogP contribution in [0, 0.1) is 0 Å². The summed E-state index contributed by atoms with van der Waals surface area (Å²) in [6, 6.07) is 65.1. The molecule has 0 aliphatic rings. The standard InChI is InChI=1S/C45H31N3/c1-5-16-32(17-6-1)33-28-30-37(31-29-33)43-46-44(40-25-14-13-24-38(40)34-18-7-2-8-19-34)48-45(47-43)41-27-15-26-39(35-20-9-3-10-21-35)42(41)36-22-11-4-12-23-36/h1-31H. The number of benzene rings is 7. The van der Waals surface area contributed by atoms with Gasteiger partial charge in [0.25, 0.3) is 0 Å². The SMILES string of the molecule is c1ccc(-c2ccc(-c3nc(-c4ccccc4-c4ccccc4)nc(-c4cccc(-c5ccccc5)c4-c4ccccc4)n3)cc2)cc1. The summed E-state index contributed by atoms with van der Waals surface area (Å²) in [5.74, 6) is 1.88. The molecule has 0 saturated carbocycles. The van der Waals surface area contributed by atoms with Crippen LogP contribution >= 0.6 is 0 Å². The normalized spacial score (nSPS) is 10.9. The fourth-order valence-electron chi connectivity index (χ4n) is 6.25. The van der Waals surface area contributed by atoms with Crippen molar-refractivity contribution < 1.29 is 0 Å². The zero-order valence-corrected chi connectivity index (χ0v) is 26.2. The van der Waals surface area contributed by atoms with E-state index in [9.17, 15) is 0 Å². The molecule has 3 nitrogen and oxygen atoms in total. The van der Waals surface area contributed by atoms with E-state index < -0.39 is 0 Å². The molecular formula is C45H31N3. The highest BCUT2D eigenvalue weighted by atomic mass is 15.0. The van der Waals surface area contributed by atoms with Gasteiger partial charge in [-0.2, -0.15) is 0 Å². The Morgan fingerprint density at radius 2 is 0.583 bits per heavy atom. The highest BCUT2D eigenvalue weighted by Crippen LogP contribution is 2.40. The molecule has 0 radical (unpaired) electrons. The summed E-state index contributed by atoms with van der Waals surface area (Å²) in [5, 5.41) is 0. The van der Waals surface area contributed by atoms with E-state index in [1.807, 2.05) is 30.3 Å². The molecule has 0 bridgehead atoms. The molecule has 0 N–H and O–H groups in total. The van der Waals surface area contributed by atoms with Crippen LogP contribution in [0.25, 0.3) is 78.7 Å². The minimum atomic E-state index is 0.626. The summed E-state index contributed by atoms with van der Waals surface area (Å²) in [4.78, 5) is 15.6. The van der Waals surface area contributed by atoms with E-state index >= 15 is 0 Å². The van der Waals surface area contributed by atoms with Gasteiger partial charge in [0, 0.05) is 22.3 Å². The predicted molar refractivity (Wildman–Crippen MR) is 198 cm³/mol. The first-order valence-electron chi connectivity index (χ1n) is 16.1. The Hall–Kier alpha value is -6.45. The molecule has 0 unspecified atom stereocenters. The molecule has 3 heteroatoms. The molecule has 1 heterocycles. The van der Waals surface area contributed by atoms with E-state index in [0.29, 0.717) is 17.5 Å². The highest BCUT2D eigenvalue weighted by molar-refractivity contribution is 5.93. The monoisotopic (exact) mass is 613 g/mol. The van der Waals surface area contributed by atoms with E-state index in [2.05, 4.69) is 158 Å². The molecule has 0 atom stereocenters. The molecule has 8 aromatic rings. The van der Waals surface area contributed by atoms with Gasteiger partial charge in [-0.1, -0.05) is 188 Å². The molecule has 0 saturated heterocycles. The van der Waals surface area contributed by atoms with E-state index in [0.717, 1.165) is 55.6 Å². The average molecular weight is 614 g/mol. The van der Waals surface area contributed by atoms with Crippen LogP contribution in [-0.4, -0.2) is 15.0 Å². The van der Waals surface area contributed by atoms with Crippen molar-refractivity contribution in [3.8, 4) is 78.7 Å². The molecular weight excluding hydrogens is 583 g/mol. The largest absolute Gasteiger partial charge is 0.208 e. The van der Waals surface area contributed by atoms with Gasteiger partial charge in [-0.25, -0.2) is 15.0 Å². The fourth-order valence-corrected chi connectivity index (χ4v) is 6.25. The highest BCUT2D eigenvalue weighted by Gasteiger charge is 2.20. The number of nitrogens with zero attached hydrogens (tertiary/aromatic N) is 3. The predicted octanol–water partition coefficient (Wildman–Crippen LogP) is 11.5. The third kappa shape index (κ3) is 5.81. The average Bonchev–Trinajstić information content (AvgIpc) is 3.19. The minimum absolute atomic E-state index is 0.626. The summed E-state index contributed by atoms with van der Waals surface area (Å²) < 4.78 is 0. The molecule has 0 aliphatic carbocycles. The summed E-state index contributed by atoms with van der Waals surface area (Å²) in [7, 11) is 0. The van der Waals surface area contributed by atoms with Crippen LogP contribution in [0.3, 0.4) is 0 Å². The van der Waals surface area contributed by atoms with E-state index in [1.54, 1.807) is 0 Å². The lowest BCUT2D eigenvalue weighted by atomic mass is 9.90. The molecule has 0 spiro atoms. The van der Waals surface area contributed by atoms with Gasteiger partial charge in [-0.05, 0) is 38.9 Å². The number of hydrogen-bond acceptors (Lipinski definition) is 3. The summed E-state index contributed by atoms with van der Waals surface area (Å²) in [6.45, 7) is 0. The van der Waals surface area contributed by atoms with Crippen LogP contribution in [0.5, 0.6) is 0 Å². The van der Waals surface area contributed by atoms with Crippen LogP contribution in [0.1, 0.15) is 0 Å². The smallest absolute Gasteiger partial charge is 0.164 e. The van der Waals surface area contributed by atoms with Crippen molar-refractivity contribution >= 4 is 0 Å². The zero-order chi connectivity index (χ0) is 32.1. The first-order chi connectivity index (χ1) is 23.8. The Morgan fingerprint density at radius 3 is 1.19 bits per heavy atom. The molecule has 0 aliphatic heterocycles. The van der Waals surface area contributed by atoms with Crippen molar-refractivity contribution in [1.82, 2.24) is 15.0 Å². The number of rotatable bonds is 7. The van der Waals surface area contributed by atoms with Crippen molar-refractivity contribution in [3.05, 3.63) is 188 Å². The first kappa shape index (κ1) is 29.0. The molecule has 48 heavy (non-hydrogen) atoms. The van der Waals surface area contributed by atoms with E-state index in [-0.39, 0.29) is 0 Å². The second-order valence-electron chi connectivity index (χ2n) is 11.6. The third-order valence-electron chi connectivity index (χ3n) is 8.59. The second kappa shape index (κ2) is 13.1. The summed E-state index contributed by atoms with van der Waals surface area (Å²) >= 11 is 0. The lowest BCUT2D eigenvalue weighted by Crippen LogP contribution is -2.02. The zero-order valence-electron chi connectivity index (χ0n) is 26.2. The van der Waals surface area contributed by atoms with Gasteiger partial charge in [-0.15, -0.1) is 0 Å². The van der Waals surface area contributed by atoms with Crippen molar-refractivity contribution in [2.75, 3.05) is 0 Å². The van der Waals surface area contributed by atoms with Gasteiger partial charge in [0.05, 0.1) is 0 Å². The Balaban J connectivity index is 1.36. The Kier molecular flexibility index (Phi) is 7.92. The maximum atomic E-state index is 5.25. The minimum Gasteiger partial charge on any atom is -0.208 e. The van der Waals surface area contributed by atoms with Gasteiger partial charge in [0.1, 0.15) is 0 Å². The Bertz CT molecular complexity index is 2300. The lowest BCUT2D eigenvalue weighted by Gasteiger charge is -2.17. The van der Waals surface area contributed by atoms with Crippen molar-refractivity contribution in [1.29, 1.82) is 0 Å². The molecule has 226 valence electrons. The Morgan fingerprint density at radius 1 is 0.208 bits per heavy atom. The van der Waals surface area contributed by atoms with Crippen LogP contribution in [0.4, 0.5) is 0 Å². The van der Waals surface area contributed by atoms with Crippen LogP contribution in [0.15, 0.2) is 188 Å². The van der Waals surface area contributed by atoms with E-state index in [1.165, 1.54) is 5.56 Å². The molecule has 0 fully saturated rings. The summed E-state index contributed by atoms with van der Waals surface area (Å²) in [5.41, 5.74) is 11.8. The molecule has 0 amide bonds. The van der Waals surface area contributed by atoms with Gasteiger partial charge in [0.15, 0.2) is 17.5 Å². The third-order valence-corrected chi connectivity index (χ3v) is 8.59.